The van der Waals surface area contributed by atoms with Gasteiger partial charge in [-0.25, -0.2) is 4.98 Å². The van der Waals surface area contributed by atoms with Crippen LogP contribution < -0.4 is 5.32 Å². The number of ketones is 1. The van der Waals surface area contributed by atoms with Crippen molar-refractivity contribution in [2.24, 2.45) is 17.8 Å². The Bertz CT molecular complexity index is 788. The van der Waals surface area contributed by atoms with Gasteiger partial charge in [0.2, 0.25) is 5.78 Å². The van der Waals surface area contributed by atoms with Gasteiger partial charge in [0.1, 0.15) is 5.01 Å². The first-order chi connectivity index (χ1) is 12.1. The quantitative estimate of drug-likeness (QED) is 0.855. The minimum Gasteiger partial charge on any atom is -0.344 e. The Morgan fingerprint density at radius 2 is 1.72 bits per heavy atom. The minimum absolute atomic E-state index is 0.102. The standard InChI is InChI=1S/C20H22N2O2S/c23-16(8-18-21-15-3-1-2-4-17(15)25-18)19(24)22-20-9-12-5-13(10-20)7-14(6-12)11-20/h1-4,12-14H,5-11H2,(H,22,24). The van der Waals surface area contributed by atoms with E-state index in [1.165, 1.54) is 30.6 Å². The monoisotopic (exact) mass is 354 g/mol. The Labute approximate surface area is 151 Å². The number of rotatable bonds is 4. The fourth-order valence-electron chi connectivity index (χ4n) is 5.79. The van der Waals surface area contributed by atoms with Crippen LogP contribution in [0.2, 0.25) is 0 Å². The zero-order chi connectivity index (χ0) is 17.0. The number of hydrogen-bond acceptors (Lipinski definition) is 4. The number of aromatic nitrogens is 1. The van der Waals surface area contributed by atoms with Crippen LogP contribution in [0.25, 0.3) is 10.2 Å². The number of Topliss-reactive ketones (excluding diaryl/α,β-unsaturated/α-hetero) is 1. The molecule has 5 heteroatoms. The van der Waals surface area contributed by atoms with Crippen molar-refractivity contribution >= 4 is 33.2 Å². The van der Waals surface area contributed by atoms with E-state index in [0.29, 0.717) is 0 Å². The first kappa shape index (κ1) is 15.5. The topological polar surface area (TPSA) is 59.1 Å². The lowest BCUT2D eigenvalue weighted by molar-refractivity contribution is -0.141. The predicted molar refractivity (Wildman–Crippen MR) is 97.4 cm³/mol. The number of carbonyl (C=O) groups excluding carboxylic acids is 2. The molecule has 1 amide bonds. The van der Waals surface area contributed by atoms with Crippen LogP contribution >= 0.6 is 11.3 Å². The third-order valence-corrected chi connectivity index (χ3v) is 7.36. The fraction of sp³-hybridized carbons (Fsp3) is 0.550. The summed E-state index contributed by atoms with van der Waals surface area (Å²) < 4.78 is 1.06. The van der Waals surface area contributed by atoms with Crippen LogP contribution in [0.5, 0.6) is 0 Å². The highest BCUT2D eigenvalue weighted by molar-refractivity contribution is 7.18. The average Bonchev–Trinajstić information content (AvgIpc) is 2.95. The van der Waals surface area contributed by atoms with Crippen LogP contribution in [0.15, 0.2) is 24.3 Å². The smallest absolute Gasteiger partial charge is 0.288 e. The molecule has 4 aliphatic rings. The van der Waals surface area contributed by atoms with Gasteiger partial charge < -0.3 is 5.32 Å². The molecular weight excluding hydrogens is 332 g/mol. The van der Waals surface area contributed by atoms with Crippen molar-refractivity contribution in [2.75, 3.05) is 0 Å². The normalized spacial score (nSPS) is 32.9. The van der Waals surface area contributed by atoms with Crippen molar-refractivity contribution in [1.29, 1.82) is 0 Å². The van der Waals surface area contributed by atoms with E-state index in [-0.39, 0.29) is 17.7 Å². The average molecular weight is 354 g/mol. The van der Waals surface area contributed by atoms with Gasteiger partial charge in [-0.2, -0.15) is 0 Å². The summed E-state index contributed by atoms with van der Waals surface area (Å²) in [6, 6.07) is 7.84. The molecule has 0 atom stereocenters. The Morgan fingerprint density at radius 1 is 1.08 bits per heavy atom. The number of carbonyl (C=O) groups is 2. The van der Waals surface area contributed by atoms with E-state index in [0.717, 1.165) is 52.2 Å². The van der Waals surface area contributed by atoms with Crippen LogP contribution in [0.3, 0.4) is 0 Å². The molecule has 25 heavy (non-hydrogen) atoms. The summed E-state index contributed by atoms with van der Waals surface area (Å²) in [6.07, 6.45) is 7.30. The summed E-state index contributed by atoms with van der Waals surface area (Å²) >= 11 is 1.50. The Balaban J connectivity index is 1.28. The molecule has 4 fully saturated rings. The number of nitrogens with zero attached hydrogens (tertiary/aromatic N) is 1. The van der Waals surface area contributed by atoms with Crippen LogP contribution in [0, 0.1) is 17.8 Å². The highest BCUT2D eigenvalue weighted by Crippen LogP contribution is 2.55. The second kappa shape index (κ2) is 5.63. The van der Waals surface area contributed by atoms with Gasteiger partial charge in [-0.1, -0.05) is 12.1 Å². The lowest BCUT2D eigenvalue weighted by Gasteiger charge is -2.56. The first-order valence-electron chi connectivity index (χ1n) is 9.28. The molecule has 1 aromatic carbocycles. The number of para-hydroxylation sites is 1. The zero-order valence-electron chi connectivity index (χ0n) is 14.2. The lowest BCUT2D eigenvalue weighted by Crippen LogP contribution is -2.60. The van der Waals surface area contributed by atoms with Crippen LogP contribution in [-0.2, 0) is 16.0 Å². The minimum atomic E-state index is -0.402. The maximum absolute atomic E-state index is 12.6. The molecular formula is C20H22N2O2S. The van der Waals surface area contributed by atoms with E-state index in [1.807, 2.05) is 24.3 Å². The summed E-state index contributed by atoms with van der Waals surface area (Å²) in [5, 5.41) is 3.90. The van der Waals surface area contributed by atoms with Crippen LogP contribution in [-0.4, -0.2) is 22.2 Å². The Kier molecular flexibility index (Phi) is 3.49. The fourth-order valence-corrected chi connectivity index (χ4v) is 6.75. The largest absolute Gasteiger partial charge is 0.344 e. The van der Waals surface area contributed by atoms with Gasteiger partial charge in [0, 0.05) is 5.54 Å². The van der Waals surface area contributed by atoms with E-state index in [9.17, 15) is 9.59 Å². The maximum atomic E-state index is 12.6. The van der Waals surface area contributed by atoms with Crippen molar-refractivity contribution < 1.29 is 9.59 Å². The third kappa shape index (κ3) is 2.78. The summed E-state index contributed by atoms with van der Waals surface area (Å²) in [5.41, 5.74) is 0.798. The van der Waals surface area contributed by atoms with E-state index >= 15 is 0 Å². The van der Waals surface area contributed by atoms with Gasteiger partial charge in [0.15, 0.2) is 0 Å². The SMILES string of the molecule is O=C(Cc1nc2ccccc2s1)C(=O)NC12CC3CC(CC(C3)C1)C2. The maximum Gasteiger partial charge on any atom is 0.288 e. The molecule has 2 aromatic rings. The summed E-state index contributed by atoms with van der Waals surface area (Å²) in [6.45, 7) is 0. The van der Waals surface area contributed by atoms with E-state index in [2.05, 4.69) is 10.3 Å². The van der Waals surface area contributed by atoms with Crippen molar-refractivity contribution in [1.82, 2.24) is 10.3 Å². The Morgan fingerprint density at radius 3 is 2.36 bits per heavy atom. The number of thiazole rings is 1. The summed E-state index contributed by atoms with van der Waals surface area (Å²) in [4.78, 5) is 29.5. The molecule has 4 bridgehead atoms. The molecule has 0 radical (unpaired) electrons. The van der Waals surface area contributed by atoms with Crippen molar-refractivity contribution in [3.8, 4) is 0 Å². The number of amides is 1. The summed E-state index contributed by atoms with van der Waals surface area (Å²) in [7, 11) is 0. The van der Waals surface area contributed by atoms with Gasteiger partial charge in [-0.3, -0.25) is 9.59 Å². The van der Waals surface area contributed by atoms with Crippen LogP contribution in [0.1, 0.15) is 43.5 Å². The van der Waals surface area contributed by atoms with Gasteiger partial charge in [-0.15, -0.1) is 11.3 Å². The number of hydrogen-bond donors (Lipinski definition) is 1. The molecule has 0 unspecified atom stereocenters. The molecule has 6 rings (SSSR count). The molecule has 0 spiro atoms. The number of benzene rings is 1. The van der Waals surface area contributed by atoms with Gasteiger partial charge in [0.05, 0.1) is 16.6 Å². The third-order valence-electron chi connectivity index (χ3n) is 6.32. The van der Waals surface area contributed by atoms with E-state index < -0.39 is 5.91 Å². The molecule has 4 saturated carbocycles. The van der Waals surface area contributed by atoms with Crippen molar-refractivity contribution in [2.45, 2.75) is 50.5 Å². The van der Waals surface area contributed by atoms with Gasteiger partial charge in [-0.05, 0) is 68.4 Å². The molecule has 1 heterocycles. The second-order valence-electron chi connectivity index (χ2n) is 8.33. The van der Waals surface area contributed by atoms with Crippen molar-refractivity contribution in [3.63, 3.8) is 0 Å². The molecule has 1 aromatic heterocycles. The number of fused-ring (bicyclic) bond motifs is 1. The number of nitrogens with one attached hydrogen (secondary N) is 1. The molecule has 0 saturated heterocycles. The second-order valence-corrected chi connectivity index (χ2v) is 9.44. The highest BCUT2D eigenvalue weighted by Gasteiger charge is 2.51. The Hall–Kier alpha value is -1.75. The molecule has 0 aliphatic heterocycles. The lowest BCUT2D eigenvalue weighted by atomic mass is 9.53. The van der Waals surface area contributed by atoms with E-state index in [4.69, 9.17) is 0 Å². The molecule has 4 nitrogen and oxygen atoms in total. The zero-order valence-corrected chi connectivity index (χ0v) is 15.0. The summed E-state index contributed by atoms with van der Waals surface area (Å²) in [5.74, 6) is 1.51. The van der Waals surface area contributed by atoms with Gasteiger partial charge in [0.25, 0.3) is 5.91 Å². The van der Waals surface area contributed by atoms with E-state index in [1.54, 1.807) is 0 Å². The molecule has 4 aliphatic carbocycles. The van der Waals surface area contributed by atoms with Crippen LogP contribution in [0.4, 0.5) is 0 Å². The van der Waals surface area contributed by atoms with Crippen molar-refractivity contribution in [3.05, 3.63) is 29.3 Å². The predicted octanol–water partition coefficient (Wildman–Crippen LogP) is 3.49. The molecule has 1 N–H and O–H groups in total. The molecule has 130 valence electrons. The van der Waals surface area contributed by atoms with Gasteiger partial charge >= 0.3 is 0 Å². The first-order valence-corrected chi connectivity index (χ1v) is 10.1. The highest BCUT2D eigenvalue weighted by atomic mass is 32.1.